The third-order valence-corrected chi connectivity index (χ3v) is 7.31. The molecule has 2 aliphatic rings. The van der Waals surface area contributed by atoms with E-state index in [1.165, 1.54) is 25.7 Å². The average molecular weight is 502 g/mol. The Morgan fingerprint density at radius 1 is 1.03 bits per heavy atom. The molecule has 2 N–H and O–H groups in total. The first-order chi connectivity index (χ1) is 17.0. The third-order valence-electron chi connectivity index (χ3n) is 7.01. The fraction of sp³-hybridized carbons (Fsp3) is 0.654. The van der Waals surface area contributed by atoms with Gasteiger partial charge in [0.15, 0.2) is 0 Å². The number of nitrogens with zero attached hydrogens (tertiary/aromatic N) is 5. The van der Waals surface area contributed by atoms with E-state index in [0.717, 1.165) is 50.9 Å². The highest BCUT2D eigenvalue weighted by Crippen LogP contribution is 2.30. The maximum absolute atomic E-state index is 6.46. The molecule has 2 aromatic rings. The molecule has 192 valence electrons. The van der Waals surface area contributed by atoms with E-state index >= 15 is 0 Å². The van der Waals surface area contributed by atoms with E-state index < -0.39 is 0 Å². The SMILES string of the molecule is CCCOc1ccc(Nc2nc(NC3CCCCCC3)nc(N(C)C3CCN(C)CC3)n2)cc1Cl. The van der Waals surface area contributed by atoms with Crippen molar-refractivity contribution in [2.75, 3.05) is 49.3 Å². The van der Waals surface area contributed by atoms with Crippen LogP contribution in [0.25, 0.3) is 0 Å². The predicted octanol–water partition coefficient (Wildman–Crippen LogP) is 5.72. The first kappa shape index (κ1) is 25.8. The quantitative estimate of drug-likeness (QED) is 0.422. The lowest BCUT2D eigenvalue weighted by molar-refractivity contribution is 0.252. The highest BCUT2D eigenvalue weighted by atomic mass is 35.5. The van der Waals surface area contributed by atoms with Crippen LogP contribution in [0.5, 0.6) is 5.75 Å². The smallest absolute Gasteiger partial charge is 0.233 e. The van der Waals surface area contributed by atoms with Crippen LogP contribution in [-0.4, -0.2) is 65.7 Å². The van der Waals surface area contributed by atoms with Crippen LogP contribution in [-0.2, 0) is 0 Å². The van der Waals surface area contributed by atoms with Crippen molar-refractivity contribution in [3.8, 4) is 5.75 Å². The summed E-state index contributed by atoms with van der Waals surface area (Å²) in [6.45, 7) is 4.89. The number of hydrogen-bond acceptors (Lipinski definition) is 8. The zero-order valence-corrected chi connectivity index (χ0v) is 22.2. The van der Waals surface area contributed by atoms with Crippen molar-refractivity contribution in [1.29, 1.82) is 0 Å². The monoisotopic (exact) mass is 501 g/mol. The minimum Gasteiger partial charge on any atom is -0.492 e. The molecule has 0 amide bonds. The first-order valence-corrected chi connectivity index (χ1v) is 13.5. The van der Waals surface area contributed by atoms with Gasteiger partial charge in [-0.1, -0.05) is 44.2 Å². The summed E-state index contributed by atoms with van der Waals surface area (Å²) in [6.07, 6.45) is 10.6. The summed E-state index contributed by atoms with van der Waals surface area (Å²) in [5.74, 6) is 2.54. The van der Waals surface area contributed by atoms with E-state index in [1.807, 2.05) is 18.2 Å². The van der Waals surface area contributed by atoms with E-state index in [2.05, 4.69) is 41.5 Å². The van der Waals surface area contributed by atoms with Crippen LogP contribution in [0.15, 0.2) is 18.2 Å². The average Bonchev–Trinajstić information content (AvgIpc) is 3.12. The Morgan fingerprint density at radius 2 is 1.74 bits per heavy atom. The molecule has 1 saturated heterocycles. The molecule has 2 fully saturated rings. The van der Waals surface area contributed by atoms with Gasteiger partial charge in [0.25, 0.3) is 0 Å². The van der Waals surface area contributed by atoms with Gasteiger partial charge in [-0.15, -0.1) is 0 Å². The van der Waals surface area contributed by atoms with Gasteiger partial charge in [-0.05, 0) is 70.4 Å². The summed E-state index contributed by atoms with van der Waals surface area (Å²) in [5, 5.41) is 7.53. The van der Waals surface area contributed by atoms with Crippen LogP contribution in [0, 0.1) is 0 Å². The number of ether oxygens (including phenoxy) is 1. The minimum atomic E-state index is 0.402. The van der Waals surface area contributed by atoms with Gasteiger partial charge in [0, 0.05) is 24.8 Å². The van der Waals surface area contributed by atoms with Crippen LogP contribution in [0.2, 0.25) is 5.02 Å². The van der Waals surface area contributed by atoms with Gasteiger partial charge >= 0.3 is 0 Å². The highest BCUT2D eigenvalue weighted by molar-refractivity contribution is 6.32. The molecule has 0 spiro atoms. The molecule has 0 atom stereocenters. The lowest BCUT2D eigenvalue weighted by Crippen LogP contribution is -2.42. The number of benzene rings is 1. The Balaban J connectivity index is 1.56. The zero-order chi connectivity index (χ0) is 24.6. The van der Waals surface area contributed by atoms with Crippen LogP contribution in [0.1, 0.15) is 64.7 Å². The number of piperidine rings is 1. The van der Waals surface area contributed by atoms with Crippen LogP contribution in [0.3, 0.4) is 0 Å². The van der Waals surface area contributed by atoms with E-state index in [4.69, 9.17) is 31.3 Å². The molecule has 1 saturated carbocycles. The van der Waals surface area contributed by atoms with Crippen molar-refractivity contribution < 1.29 is 4.74 Å². The number of anilines is 4. The summed E-state index contributed by atoms with van der Waals surface area (Å²) in [4.78, 5) is 19.0. The van der Waals surface area contributed by atoms with E-state index in [-0.39, 0.29) is 0 Å². The number of rotatable bonds is 9. The molecule has 1 aliphatic heterocycles. The molecule has 9 heteroatoms. The molecule has 0 bridgehead atoms. The number of halogens is 1. The van der Waals surface area contributed by atoms with E-state index in [9.17, 15) is 0 Å². The summed E-state index contributed by atoms with van der Waals surface area (Å²) in [5.41, 5.74) is 0.818. The molecular formula is C26H40ClN7O. The fourth-order valence-electron chi connectivity index (χ4n) is 4.83. The van der Waals surface area contributed by atoms with Crippen molar-refractivity contribution in [3.05, 3.63) is 23.2 Å². The van der Waals surface area contributed by atoms with Crippen molar-refractivity contribution >= 4 is 35.1 Å². The Hall–Kier alpha value is -2.32. The Bertz CT molecular complexity index is 943. The fourth-order valence-corrected chi connectivity index (χ4v) is 5.07. The number of aromatic nitrogens is 3. The van der Waals surface area contributed by atoms with E-state index in [1.54, 1.807) is 0 Å². The zero-order valence-electron chi connectivity index (χ0n) is 21.4. The number of likely N-dealkylation sites (tertiary alicyclic amines) is 1. The second kappa shape index (κ2) is 12.6. The summed E-state index contributed by atoms with van der Waals surface area (Å²) < 4.78 is 5.71. The Morgan fingerprint density at radius 3 is 2.43 bits per heavy atom. The standard InChI is InChI=1S/C26H40ClN7O/c1-4-17-35-23-12-11-20(18-22(23)27)29-25-30-24(28-19-9-7-5-6-8-10-19)31-26(32-25)34(3)21-13-15-33(2)16-14-21/h11-12,18-19,21H,4-10,13-17H2,1-3H3,(H2,28,29,30,31,32). The predicted molar refractivity (Wildman–Crippen MR) is 144 cm³/mol. The van der Waals surface area contributed by atoms with Gasteiger partial charge in [0.05, 0.1) is 11.6 Å². The topological polar surface area (TPSA) is 78.4 Å². The van der Waals surface area contributed by atoms with Gasteiger partial charge < -0.3 is 25.2 Å². The summed E-state index contributed by atoms with van der Waals surface area (Å²) in [6, 6.07) is 6.50. The lowest BCUT2D eigenvalue weighted by atomic mass is 10.0. The summed E-state index contributed by atoms with van der Waals surface area (Å²) >= 11 is 6.46. The van der Waals surface area contributed by atoms with Crippen LogP contribution in [0.4, 0.5) is 23.5 Å². The van der Waals surface area contributed by atoms with E-state index in [0.29, 0.717) is 47.3 Å². The maximum Gasteiger partial charge on any atom is 0.233 e. The molecule has 35 heavy (non-hydrogen) atoms. The minimum absolute atomic E-state index is 0.402. The third kappa shape index (κ3) is 7.34. The molecule has 1 aromatic heterocycles. The molecule has 2 heterocycles. The van der Waals surface area contributed by atoms with Crippen molar-refractivity contribution in [1.82, 2.24) is 19.9 Å². The van der Waals surface area contributed by atoms with Crippen molar-refractivity contribution in [3.63, 3.8) is 0 Å². The van der Waals surface area contributed by atoms with Gasteiger partial charge in [0.2, 0.25) is 17.8 Å². The van der Waals surface area contributed by atoms with Gasteiger partial charge in [-0.2, -0.15) is 15.0 Å². The van der Waals surface area contributed by atoms with Gasteiger partial charge in [0.1, 0.15) is 5.75 Å². The van der Waals surface area contributed by atoms with Crippen LogP contribution >= 0.6 is 11.6 Å². The second-order valence-electron chi connectivity index (χ2n) is 9.88. The number of hydrogen-bond donors (Lipinski definition) is 2. The normalized spacial score (nSPS) is 18.2. The molecular weight excluding hydrogens is 462 g/mol. The molecule has 0 radical (unpaired) electrons. The molecule has 8 nitrogen and oxygen atoms in total. The largest absolute Gasteiger partial charge is 0.492 e. The maximum atomic E-state index is 6.46. The second-order valence-corrected chi connectivity index (χ2v) is 10.3. The molecule has 1 aliphatic carbocycles. The number of nitrogens with one attached hydrogen (secondary N) is 2. The Labute approximate surface area is 214 Å². The Kier molecular flexibility index (Phi) is 9.26. The first-order valence-electron chi connectivity index (χ1n) is 13.1. The summed E-state index contributed by atoms with van der Waals surface area (Å²) in [7, 11) is 4.28. The van der Waals surface area contributed by atoms with Crippen molar-refractivity contribution in [2.45, 2.75) is 76.8 Å². The van der Waals surface area contributed by atoms with Crippen LogP contribution < -0.4 is 20.3 Å². The highest BCUT2D eigenvalue weighted by Gasteiger charge is 2.24. The lowest BCUT2D eigenvalue weighted by Gasteiger charge is -2.35. The molecule has 0 unspecified atom stereocenters. The van der Waals surface area contributed by atoms with Gasteiger partial charge in [-0.25, -0.2) is 0 Å². The van der Waals surface area contributed by atoms with Crippen molar-refractivity contribution in [2.24, 2.45) is 0 Å². The van der Waals surface area contributed by atoms with Gasteiger partial charge in [-0.3, -0.25) is 0 Å². The molecule has 1 aromatic carbocycles. The molecule has 4 rings (SSSR count).